The van der Waals surface area contributed by atoms with Crippen molar-refractivity contribution in [1.82, 2.24) is 9.78 Å². The summed E-state index contributed by atoms with van der Waals surface area (Å²) in [4.78, 5) is 12.4. The van der Waals surface area contributed by atoms with Crippen molar-refractivity contribution in [3.8, 4) is 0 Å². The van der Waals surface area contributed by atoms with Gasteiger partial charge in [-0.15, -0.1) is 0 Å². The number of nitrogens with zero attached hydrogens (tertiary/aromatic N) is 2. The van der Waals surface area contributed by atoms with E-state index in [9.17, 15) is 4.79 Å². The van der Waals surface area contributed by atoms with Crippen LogP contribution >= 0.6 is 27.5 Å². The molecule has 0 radical (unpaired) electrons. The minimum atomic E-state index is -0.0514. The fourth-order valence-corrected chi connectivity index (χ4v) is 2.31. The molecule has 0 aliphatic carbocycles. The van der Waals surface area contributed by atoms with Gasteiger partial charge in [0.1, 0.15) is 5.69 Å². The second-order valence-corrected chi connectivity index (χ2v) is 5.19. The van der Waals surface area contributed by atoms with Crippen LogP contribution < -0.4 is 0 Å². The van der Waals surface area contributed by atoms with Crippen LogP contribution in [-0.2, 0) is 6.54 Å². The fraction of sp³-hybridized carbons (Fsp3) is 0.231. The van der Waals surface area contributed by atoms with E-state index in [1.165, 1.54) is 0 Å². The highest BCUT2D eigenvalue weighted by Crippen LogP contribution is 2.21. The van der Waals surface area contributed by atoms with Crippen molar-refractivity contribution in [2.24, 2.45) is 0 Å². The summed E-state index contributed by atoms with van der Waals surface area (Å²) in [5.41, 5.74) is 1.19. The molecule has 18 heavy (non-hydrogen) atoms. The van der Waals surface area contributed by atoms with E-state index in [0.717, 1.165) is 17.4 Å². The van der Waals surface area contributed by atoms with Crippen LogP contribution in [0.4, 0.5) is 0 Å². The largest absolute Gasteiger partial charge is 0.287 e. The van der Waals surface area contributed by atoms with Crippen LogP contribution in [0.15, 0.2) is 34.9 Å². The predicted molar refractivity (Wildman–Crippen MR) is 75.1 cm³/mol. The molecular weight excluding hydrogens is 316 g/mol. The van der Waals surface area contributed by atoms with Crippen LogP contribution in [0.5, 0.6) is 0 Å². The van der Waals surface area contributed by atoms with Crippen LogP contribution in [0, 0.1) is 0 Å². The summed E-state index contributed by atoms with van der Waals surface area (Å²) in [5, 5.41) is 4.81. The van der Waals surface area contributed by atoms with Crippen LogP contribution in [0.1, 0.15) is 29.4 Å². The Labute approximate surface area is 119 Å². The first kappa shape index (κ1) is 13.3. The number of ketones is 1. The maximum absolute atomic E-state index is 12.4. The predicted octanol–water partition coefficient (Wildman–Crippen LogP) is 3.94. The summed E-state index contributed by atoms with van der Waals surface area (Å²) >= 11 is 9.18. The van der Waals surface area contributed by atoms with E-state index in [-0.39, 0.29) is 5.78 Å². The van der Waals surface area contributed by atoms with E-state index >= 15 is 0 Å². The molecule has 0 saturated heterocycles. The number of aryl methyl sites for hydroxylation is 1. The van der Waals surface area contributed by atoms with Gasteiger partial charge >= 0.3 is 0 Å². The molecule has 1 heterocycles. The SMILES string of the molecule is CCCn1ncc(Br)c1C(=O)c1ccc(Cl)cc1. The number of rotatable bonds is 4. The Bertz CT molecular complexity index is 563. The topological polar surface area (TPSA) is 34.9 Å². The summed E-state index contributed by atoms with van der Waals surface area (Å²) in [6, 6.07) is 6.87. The van der Waals surface area contributed by atoms with Gasteiger partial charge in [0.05, 0.1) is 10.7 Å². The molecule has 0 atom stereocenters. The number of aromatic nitrogens is 2. The zero-order valence-corrected chi connectivity index (χ0v) is 12.2. The molecule has 5 heteroatoms. The van der Waals surface area contributed by atoms with Gasteiger partial charge in [-0.3, -0.25) is 9.48 Å². The summed E-state index contributed by atoms with van der Waals surface area (Å²) in [5.74, 6) is -0.0514. The lowest BCUT2D eigenvalue weighted by Gasteiger charge is -2.06. The van der Waals surface area contributed by atoms with Crippen LogP contribution in [0.25, 0.3) is 0 Å². The Morgan fingerprint density at radius 2 is 2.06 bits per heavy atom. The van der Waals surface area contributed by atoms with Gasteiger partial charge in [-0.1, -0.05) is 18.5 Å². The Kier molecular flexibility index (Phi) is 4.19. The first-order valence-electron chi connectivity index (χ1n) is 5.65. The summed E-state index contributed by atoms with van der Waals surface area (Å²) in [6.45, 7) is 2.77. The zero-order valence-electron chi connectivity index (χ0n) is 9.86. The lowest BCUT2D eigenvalue weighted by Crippen LogP contribution is -2.12. The van der Waals surface area contributed by atoms with E-state index in [1.54, 1.807) is 35.1 Å². The molecule has 94 valence electrons. The van der Waals surface area contributed by atoms with Crippen molar-refractivity contribution in [1.29, 1.82) is 0 Å². The lowest BCUT2D eigenvalue weighted by atomic mass is 10.1. The highest BCUT2D eigenvalue weighted by molar-refractivity contribution is 9.10. The number of benzene rings is 1. The Balaban J connectivity index is 2.39. The van der Waals surface area contributed by atoms with Gasteiger partial charge in [-0.2, -0.15) is 5.10 Å². The molecule has 3 nitrogen and oxygen atoms in total. The summed E-state index contributed by atoms with van der Waals surface area (Å²) in [6.07, 6.45) is 2.58. The number of carbonyl (C=O) groups excluding carboxylic acids is 1. The highest BCUT2D eigenvalue weighted by atomic mass is 79.9. The number of halogens is 2. The van der Waals surface area contributed by atoms with E-state index in [2.05, 4.69) is 21.0 Å². The summed E-state index contributed by atoms with van der Waals surface area (Å²) in [7, 11) is 0. The number of hydrogen-bond donors (Lipinski definition) is 0. The molecule has 0 unspecified atom stereocenters. The average molecular weight is 328 g/mol. The first-order valence-corrected chi connectivity index (χ1v) is 6.82. The van der Waals surface area contributed by atoms with E-state index in [0.29, 0.717) is 16.3 Å². The van der Waals surface area contributed by atoms with Crippen molar-refractivity contribution in [2.75, 3.05) is 0 Å². The standard InChI is InChI=1S/C13H12BrClN2O/c1-2-7-17-12(11(14)8-16-17)13(18)9-3-5-10(15)6-4-9/h3-6,8H,2,7H2,1H3. The first-order chi connectivity index (χ1) is 8.63. The molecule has 0 aliphatic rings. The van der Waals surface area contributed by atoms with Crippen molar-refractivity contribution in [3.63, 3.8) is 0 Å². The Morgan fingerprint density at radius 3 is 2.67 bits per heavy atom. The van der Waals surface area contributed by atoms with Crippen molar-refractivity contribution in [3.05, 3.63) is 51.2 Å². The maximum Gasteiger partial charge on any atom is 0.212 e. The molecule has 0 bridgehead atoms. The normalized spacial score (nSPS) is 10.6. The molecule has 0 saturated carbocycles. The fourth-order valence-electron chi connectivity index (χ4n) is 1.71. The molecule has 0 amide bonds. The Hall–Kier alpha value is -1.13. The molecule has 2 rings (SSSR count). The van der Waals surface area contributed by atoms with Crippen LogP contribution in [0.3, 0.4) is 0 Å². The van der Waals surface area contributed by atoms with Gasteiger partial charge in [0, 0.05) is 17.1 Å². The zero-order chi connectivity index (χ0) is 13.1. The van der Waals surface area contributed by atoms with Gasteiger partial charge in [-0.05, 0) is 46.6 Å². The van der Waals surface area contributed by atoms with E-state index in [1.807, 2.05) is 6.92 Å². The molecular formula is C13H12BrClN2O. The smallest absolute Gasteiger partial charge is 0.212 e. The quantitative estimate of drug-likeness (QED) is 0.797. The summed E-state index contributed by atoms with van der Waals surface area (Å²) < 4.78 is 2.44. The minimum Gasteiger partial charge on any atom is -0.287 e. The van der Waals surface area contributed by atoms with Gasteiger partial charge in [0.15, 0.2) is 0 Å². The van der Waals surface area contributed by atoms with Gasteiger partial charge in [0.25, 0.3) is 0 Å². The van der Waals surface area contributed by atoms with E-state index < -0.39 is 0 Å². The molecule has 0 N–H and O–H groups in total. The maximum atomic E-state index is 12.4. The molecule has 0 fully saturated rings. The third-order valence-electron chi connectivity index (χ3n) is 2.55. The van der Waals surface area contributed by atoms with Crippen LogP contribution in [0.2, 0.25) is 5.02 Å². The van der Waals surface area contributed by atoms with Crippen molar-refractivity contribution >= 4 is 33.3 Å². The molecule has 0 spiro atoms. The molecule has 1 aromatic heterocycles. The second kappa shape index (κ2) is 5.67. The van der Waals surface area contributed by atoms with Crippen LogP contribution in [-0.4, -0.2) is 15.6 Å². The van der Waals surface area contributed by atoms with Crippen molar-refractivity contribution in [2.45, 2.75) is 19.9 Å². The Morgan fingerprint density at radius 1 is 1.39 bits per heavy atom. The third-order valence-corrected chi connectivity index (χ3v) is 3.38. The van der Waals surface area contributed by atoms with Gasteiger partial charge < -0.3 is 0 Å². The number of carbonyl (C=O) groups is 1. The third kappa shape index (κ3) is 2.65. The average Bonchev–Trinajstić information content (AvgIpc) is 2.71. The van der Waals surface area contributed by atoms with E-state index in [4.69, 9.17) is 11.6 Å². The number of hydrogen-bond acceptors (Lipinski definition) is 2. The monoisotopic (exact) mass is 326 g/mol. The lowest BCUT2D eigenvalue weighted by molar-refractivity contribution is 0.102. The van der Waals surface area contributed by atoms with Gasteiger partial charge in [-0.25, -0.2) is 0 Å². The molecule has 0 aliphatic heterocycles. The minimum absolute atomic E-state index is 0.0514. The highest BCUT2D eigenvalue weighted by Gasteiger charge is 2.18. The van der Waals surface area contributed by atoms with Crippen molar-refractivity contribution < 1.29 is 4.79 Å². The molecule has 1 aromatic carbocycles. The second-order valence-electron chi connectivity index (χ2n) is 3.90. The molecule has 2 aromatic rings. The van der Waals surface area contributed by atoms with Gasteiger partial charge in [0.2, 0.25) is 5.78 Å².